The number of carbonyl (C=O) groups is 1. The maximum Gasteiger partial charge on any atom is 0.257 e. The SMILES string of the molecule is O=C(c1cnc(C2CC2)nc1)N1CCC[C@@H](c2ccncn2)C1. The van der Waals surface area contributed by atoms with E-state index in [1.165, 1.54) is 12.8 Å². The Labute approximate surface area is 135 Å². The van der Waals surface area contributed by atoms with Gasteiger partial charge in [0, 0.05) is 49.2 Å². The first kappa shape index (κ1) is 14.2. The third-order valence-electron chi connectivity index (χ3n) is 4.59. The molecule has 6 heteroatoms. The number of amides is 1. The molecular formula is C17H19N5O. The quantitative estimate of drug-likeness (QED) is 0.869. The van der Waals surface area contributed by atoms with Crippen molar-refractivity contribution >= 4 is 5.91 Å². The molecule has 3 heterocycles. The number of carbonyl (C=O) groups excluding carboxylic acids is 1. The molecule has 118 valence electrons. The summed E-state index contributed by atoms with van der Waals surface area (Å²) < 4.78 is 0. The van der Waals surface area contributed by atoms with Gasteiger partial charge in [-0.05, 0) is 31.7 Å². The fourth-order valence-corrected chi connectivity index (χ4v) is 3.13. The molecule has 0 N–H and O–H groups in total. The van der Waals surface area contributed by atoms with Crippen LogP contribution < -0.4 is 0 Å². The van der Waals surface area contributed by atoms with Crippen LogP contribution in [0.4, 0.5) is 0 Å². The highest BCUT2D eigenvalue weighted by atomic mass is 16.2. The lowest BCUT2D eigenvalue weighted by molar-refractivity contribution is 0.0705. The zero-order valence-corrected chi connectivity index (χ0v) is 12.9. The summed E-state index contributed by atoms with van der Waals surface area (Å²) in [7, 11) is 0. The van der Waals surface area contributed by atoms with Gasteiger partial charge in [0.25, 0.3) is 5.91 Å². The van der Waals surface area contributed by atoms with E-state index in [0.29, 0.717) is 18.0 Å². The Morgan fingerprint density at radius 3 is 2.61 bits per heavy atom. The van der Waals surface area contributed by atoms with Crippen LogP contribution >= 0.6 is 0 Å². The van der Waals surface area contributed by atoms with Crippen LogP contribution in [-0.4, -0.2) is 43.8 Å². The maximum absolute atomic E-state index is 12.7. The molecule has 1 amide bonds. The molecule has 2 aliphatic rings. The van der Waals surface area contributed by atoms with Gasteiger partial charge >= 0.3 is 0 Å². The minimum atomic E-state index is 0.0195. The molecule has 23 heavy (non-hydrogen) atoms. The second kappa shape index (κ2) is 6.02. The number of likely N-dealkylation sites (tertiary alicyclic amines) is 1. The van der Waals surface area contributed by atoms with E-state index in [1.807, 2.05) is 11.0 Å². The van der Waals surface area contributed by atoms with Gasteiger partial charge in [-0.15, -0.1) is 0 Å². The summed E-state index contributed by atoms with van der Waals surface area (Å²) >= 11 is 0. The van der Waals surface area contributed by atoms with E-state index in [-0.39, 0.29) is 11.8 Å². The Morgan fingerprint density at radius 2 is 1.91 bits per heavy atom. The summed E-state index contributed by atoms with van der Waals surface area (Å²) in [4.78, 5) is 31.6. The summed E-state index contributed by atoms with van der Waals surface area (Å²) in [5.41, 5.74) is 1.59. The van der Waals surface area contributed by atoms with Crippen molar-refractivity contribution in [2.24, 2.45) is 0 Å². The zero-order chi connectivity index (χ0) is 15.6. The molecule has 0 bridgehead atoms. The van der Waals surface area contributed by atoms with Gasteiger partial charge in [-0.1, -0.05) is 0 Å². The van der Waals surface area contributed by atoms with Crippen molar-refractivity contribution in [2.45, 2.75) is 37.5 Å². The van der Waals surface area contributed by atoms with Gasteiger partial charge < -0.3 is 4.90 Å². The highest BCUT2D eigenvalue weighted by Crippen LogP contribution is 2.37. The molecule has 1 aliphatic heterocycles. The molecule has 1 atom stereocenters. The first-order valence-electron chi connectivity index (χ1n) is 8.18. The predicted molar refractivity (Wildman–Crippen MR) is 83.9 cm³/mol. The van der Waals surface area contributed by atoms with Crippen molar-refractivity contribution in [1.29, 1.82) is 0 Å². The van der Waals surface area contributed by atoms with Crippen LogP contribution in [0.2, 0.25) is 0 Å². The largest absolute Gasteiger partial charge is 0.338 e. The molecule has 0 radical (unpaired) electrons. The first-order valence-corrected chi connectivity index (χ1v) is 8.18. The van der Waals surface area contributed by atoms with Crippen molar-refractivity contribution in [1.82, 2.24) is 24.8 Å². The van der Waals surface area contributed by atoms with E-state index in [2.05, 4.69) is 19.9 Å². The Balaban J connectivity index is 1.47. The second-order valence-corrected chi connectivity index (χ2v) is 6.33. The predicted octanol–water partition coefficient (Wildman–Crippen LogP) is 2.16. The summed E-state index contributed by atoms with van der Waals surface area (Å²) in [5.74, 6) is 1.68. The highest BCUT2D eigenvalue weighted by Gasteiger charge is 2.28. The first-order chi connectivity index (χ1) is 11.3. The summed E-state index contributed by atoms with van der Waals surface area (Å²) in [6.45, 7) is 1.48. The van der Waals surface area contributed by atoms with E-state index in [4.69, 9.17) is 0 Å². The van der Waals surface area contributed by atoms with Crippen LogP contribution in [0.5, 0.6) is 0 Å². The zero-order valence-electron chi connectivity index (χ0n) is 12.9. The molecule has 6 nitrogen and oxygen atoms in total. The lowest BCUT2D eigenvalue weighted by Crippen LogP contribution is -2.39. The normalized spacial score (nSPS) is 21.2. The number of piperidine rings is 1. The van der Waals surface area contributed by atoms with Gasteiger partial charge in [0.15, 0.2) is 0 Å². The molecule has 2 aromatic rings. The van der Waals surface area contributed by atoms with Crippen LogP contribution in [-0.2, 0) is 0 Å². The molecule has 0 aromatic carbocycles. The Kier molecular flexibility index (Phi) is 3.73. The summed E-state index contributed by atoms with van der Waals surface area (Å²) in [6.07, 6.45) is 11.1. The average Bonchev–Trinajstić information content (AvgIpc) is 3.47. The smallest absolute Gasteiger partial charge is 0.257 e. The molecule has 1 saturated carbocycles. The van der Waals surface area contributed by atoms with Crippen molar-refractivity contribution in [3.8, 4) is 0 Å². The van der Waals surface area contributed by atoms with Crippen molar-refractivity contribution < 1.29 is 4.79 Å². The minimum absolute atomic E-state index is 0.0195. The van der Waals surface area contributed by atoms with E-state index in [1.54, 1.807) is 24.9 Å². The van der Waals surface area contributed by atoms with E-state index in [9.17, 15) is 4.79 Å². The highest BCUT2D eigenvalue weighted by molar-refractivity contribution is 5.93. The van der Waals surface area contributed by atoms with Crippen molar-refractivity contribution in [3.05, 3.63) is 48.1 Å². The van der Waals surface area contributed by atoms with Crippen LogP contribution in [0.1, 0.15) is 59.4 Å². The molecule has 2 fully saturated rings. The maximum atomic E-state index is 12.7. The van der Waals surface area contributed by atoms with Gasteiger partial charge in [-0.3, -0.25) is 4.79 Å². The number of hydrogen-bond donors (Lipinski definition) is 0. The van der Waals surface area contributed by atoms with Gasteiger partial charge in [0.2, 0.25) is 0 Å². The van der Waals surface area contributed by atoms with Gasteiger partial charge in [-0.25, -0.2) is 19.9 Å². The number of rotatable bonds is 3. The molecule has 1 saturated heterocycles. The minimum Gasteiger partial charge on any atom is -0.338 e. The summed E-state index contributed by atoms with van der Waals surface area (Å²) in [6, 6.07) is 1.94. The standard InChI is InChI=1S/C17H19N5O/c23-17(14-8-19-16(20-9-14)12-3-4-12)22-7-1-2-13(10-22)15-5-6-18-11-21-15/h5-6,8-9,11-13H,1-4,7,10H2/t13-/m1/s1. The van der Waals surface area contributed by atoms with Crippen LogP contribution in [0.15, 0.2) is 31.0 Å². The summed E-state index contributed by atoms with van der Waals surface area (Å²) in [5, 5.41) is 0. The number of nitrogens with zero attached hydrogens (tertiary/aromatic N) is 5. The van der Waals surface area contributed by atoms with Crippen molar-refractivity contribution in [2.75, 3.05) is 13.1 Å². The fourth-order valence-electron chi connectivity index (χ4n) is 3.13. The molecule has 1 aliphatic carbocycles. The third kappa shape index (κ3) is 3.06. The molecule has 2 aromatic heterocycles. The lowest BCUT2D eigenvalue weighted by Gasteiger charge is -2.32. The van der Waals surface area contributed by atoms with Crippen LogP contribution in [0, 0.1) is 0 Å². The number of aromatic nitrogens is 4. The van der Waals surface area contributed by atoms with Crippen LogP contribution in [0.25, 0.3) is 0 Å². The Morgan fingerprint density at radius 1 is 1.09 bits per heavy atom. The van der Waals surface area contributed by atoms with Gasteiger partial charge in [-0.2, -0.15) is 0 Å². The topological polar surface area (TPSA) is 71.9 Å². The molecule has 4 rings (SSSR count). The fraction of sp³-hybridized carbons (Fsp3) is 0.471. The molecule has 0 spiro atoms. The average molecular weight is 309 g/mol. The lowest BCUT2D eigenvalue weighted by atomic mass is 9.94. The Hall–Kier alpha value is -2.37. The van der Waals surface area contributed by atoms with E-state index >= 15 is 0 Å². The van der Waals surface area contributed by atoms with Gasteiger partial charge in [0.05, 0.1) is 5.56 Å². The van der Waals surface area contributed by atoms with E-state index < -0.39 is 0 Å². The van der Waals surface area contributed by atoms with Crippen LogP contribution in [0.3, 0.4) is 0 Å². The molecular weight excluding hydrogens is 290 g/mol. The molecule has 0 unspecified atom stereocenters. The van der Waals surface area contributed by atoms with Gasteiger partial charge in [0.1, 0.15) is 12.2 Å². The number of hydrogen-bond acceptors (Lipinski definition) is 5. The monoisotopic (exact) mass is 309 g/mol. The third-order valence-corrected chi connectivity index (χ3v) is 4.59. The van der Waals surface area contributed by atoms with Crippen molar-refractivity contribution in [3.63, 3.8) is 0 Å². The van der Waals surface area contributed by atoms with E-state index in [0.717, 1.165) is 30.9 Å². The second-order valence-electron chi connectivity index (χ2n) is 6.33. The Bertz CT molecular complexity index is 684.